The number of thiazole rings is 1. The Labute approximate surface area is 152 Å². The predicted octanol–water partition coefficient (Wildman–Crippen LogP) is 3.15. The molecule has 0 fully saturated rings. The average Bonchev–Trinajstić information content (AvgIpc) is 3.20. The Morgan fingerprint density at radius 1 is 1.24 bits per heavy atom. The maximum atomic E-state index is 12.0. The van der Waals surface area contributed by atoms with E-state index in [2.05, 4.69) is 34.2 Å². The molecule has 0 radical (unpaired) electrons. The van der Waals surface area contributed by atoms with Crippen molar-refractivity contribution in [3.05, 3.63) is 63.5 Å². The lowest BCUT2D eigenvalue weighted by atomic mass is 10.1. The molecule has 0 bridgehead atoms. The van der Waals surface area contributed by atoms with E-state index in [9.17, 15) is 4.79 Å². The van der Waals surface area contributed by atoms with Gasteiger partial charge in [0.25, 0.3) is 5.56 Å². The van der Waals surface area contributed by atoms with Gasteiger partial charge in [-0.1, -0.05) is 35.5 Å². The van der Waals surface area contributed by atoms with E-state index in [-0.39, 0.29) is 5.56 Å². The molecule has 0 saturated heterocycles. The molecule has 25 heavy (non-hydrogen) atoms. The van der Waals surface area contributed by atoms with Gasteiger partial charge in [-0.2, -0.15) is 0 Å². The highest BCUT2D eigenvalue weighted by Crippen LogP contribution is 2.25. The van der Waals surface area contributed by atoms with E-state index in [1.165, 1.54) is 28.7 Å². The minimum Gasteiger partial charge on any atom is -0.305 e. The maximum absolute atomic E-state index is 12.0. The molecular formula is C17H15N5OS2. The number of aromatic nitrogens is 5. The third-order valence-corrected chi connectivity index (χ3v) is 5.63. The third-order valence-electron chi connectivity index (χ3n) is 3.82. The number of nitrogens with zero attached hydrogens (tertiary/aromatic N) is 5. The van der Waals surface area contributed by atoms with Crippen molar-refractivity contribution in [2.45, 2.75) is 17.8 Å². The first-order chi connectivity index (χ1) is 12.1. The number of fused-ring (bicyclic) bond motifs is 1. The number of thioether (sulfide) groups is 1. The molecule has 3 aromatic heterocycles. The monoisotopic (exact) mass is 369 g/mol. The van der Waals surface area contributed by atoms with Crippen LogP contribution in [0.5, 0.6) is 0 Å². The Morgan fingerprint density at radius 2 is 2.12 bits per heavy atom. The first kappa shape index (κ1) is 16.0. The average molecular weight is 369 g/mol. The van der Waals surface area contributed by atoms with Crippen molar-refractivity contribution < 1.29 is 0 Å². The van der Waals surface area contributed by atoms with Crippen LogP contribution >= 0.6 is 23.1 Å². The molecule has 3 heterocycles. The molecule has 0 aliphatic rings. The zero-order chi connectivity index (χ0) is 17.4. The molecule has 126 valence electrons. The highest BCUT2D eigenvalue weighted by Gasteiger charge is 2.12. The van der Waals surface area contributed by atoms with Crippen LogP contribution in [-0.2, 0) is 12.8 Å². The molecule has 8 heteroatoms. The number of rotatable bonds is 4. The second kappa shape index (κ2) is 6.45. The number of hydrogen-bond acceptors (Lipinski definition) is 6. The summed E-state index contributed by atoms with van der Waals surface area (Å²) in [6.07, 6.45) is 1.74. The van der Waals surface area contributed by atoms with Crippen LogP contribution in [0.2, 0.25) is 0 Å². The zero-order valence-electron chi connectivity index (χ0n) is 13.7. The van der Waals surface area contributed by atoms with Crippen LogP contribution in [0.25, 0.3) is 16.3 Å². The fourth-order valence-electron chi connectivity index (χ4n) is 2.58. The maximum Gasteiger partial charge on any atom is 0.258 e. The summed E-state index contributed by atoms with van der Waals surface area (Å²) in [5, 5.41) is 11.2. The largest absolute Gasteiger partial charge is 0.305 e. The van der Waals surface area contributed by atoms with E-state index < -0.39 is 0 Å². The number of aryl methyl sites for hydroxylation is 1. The summed E-state index contributed by atoms with van der Waals surface area (Å²) in [5.41, 5.74) is 2.92. The quantitative estimate of drug-likeness (QED) is 0.517. The first-order valence-electron chi connectivity index (χ1n) is 7.67. The summed E-state index contributed by atoms with van der Waals surface area (Å²) in [6.45, 7) is 2.06. The summed E-state index contributed by atoms with van der Waals surface area (Å²) < 4.78 is 3.52. The molecule has 4 aromatic rings. The number of benzene rings is 1. The van der Waals surface area contributed by atoms with Gasteiger partial charge in [-0.25, -0.2) is 4.98 Å². The minimum absolute atomic E-state index is 0.0553. The van der Waals surface area contributed by atoms with E-state index in [1.807, 2.05) is 29.1 Å². The topological polar surface area (TPSA) is 65.1 Å². The smallest absolute Gasteiger partial charge is 0.258 e. The van der Waals surface area contributed by atoms with Gasteiger partial charge in [-0.05, 0) is 13.0 Å². The van der Waals surface area contributed by atoms with Gasteiger partial charge in [0.1, 0.15) is 0 Å². The zero-order valence-corrected chi connectivity index (χ0v) is 15.3. The molecule has 0 amide bonds. The Hall–Kier alpha value is -2.45. The van der Waals surface area contributed by atoms with Crippen molar-refractivity contribution in [2.75, 3.05) is 0 Å². The van der Waals surface area contributed by atoms with Gasteiger partial charge in [0.05, 0.1) is 5.69 Å². The highest BCUT2D eigenvalue weighted by atomic mass is 32.2. The Balaban J connectivity index is 1.58. The summed E-state index contributed by atoms with van der Waals surface area (Å²) in [7, 11) is 1.95. The van der Waals surface area contributed by atoms with Crippen LogP contribution in [0.1, 0.15) is 11.3 Å². The van der Waals surface area contributed by atoms with Gasteiger partial charge in [0.15, 0.2) is 15.9 Å². The van der Waals surface area contributed by atoms with E-state index in [1.54, 1.807) is 16.7 Å². The Kier molecular flexibility index (Phi) is 4.14. The Bertz CT molecular complexity index is 1110. The number of hydrogen-bond donors (Lipinski definition) is 0. The van der Waals surface area contributed by atoms with Crippen molar-refractivity contribution in [2.24, 2.45) is 7.05 Å². The third kappa shape index (κ3) is 3.10. The molecule has 0 aliphatic heterocycles. The summed E-state index contributed by atoms with van der Waals surface area (Å²) in [5.74, 6) is 1.40. The van der Waals surface area contributed by atoms with Gasteiger partial charge in [0, 0.05) is 36.0 Å². The summed E-state index contributed by atoms with van der Waals surface area (Å²) in [4.78, 5) is 17.3. The molecule has 0 saturated carbocycles. The fraction of sp³-hybridized carbons (Fsp3) is 0.176. The van der Waals surface area contributed by atoms with Gasteiger partial charge in [-0.15, -0.1) is 21.5 Å². The normalized spacial score (nSPS) is 11.3. The lowest BCUT2D eigenvalue weighted by molar-refractivity contribution is 0.793. The van der Waals surface area contributed by atoms with Crippen LogP contribution in [0.15, 0.2) is 51.9 Å². The van der Waals surface area contributed by atoms with Crippen molar-refractivity contribution in [1.29, 1.82) is 0 Å². The van der Waals surface area contributed by atoms with E-state index in [0.717, 1.165) is 22.2 Å². The van der Waals surface area contributed by atoms with E-state index in [0.29, 0.717) is 10.7 Å². The first-order valence-corrected chi connectivity index (χ1v) is 9.53. The molecule has 4 rings (SSSR count). The van der Waals surface area contributed by atoms with Crippen molar-refractivity contribution in [3.8, 4) is 11.4 Å². The van der Waals surface area contributed by atoms with Gasteiger partial charge in [0.2, 0.25) is 0 Å². The minimum atomic E-state index is -0.0553. The molecular weight excluding hydrogens is 354 g/mol. The molecule has 0 spiro atoms. The van der Waals surface area contributed by atoms with E-state index >= 15 is 0 Å². The molecule has 0 unspecified atom stereocenters. The standard InChI is InChI=1S/C17H15N5OS2/c1-11-4-3-5-12(8-11)15-19-20-17(21(15)2)25-10-13-9-14(23)22-6-7-24-16(22)18-13/h3-9H,10H2,1-2H3. The van der Waals surface area contributed by atoms with Crippen molar-refractivity contribution in [3.63, 3.8) is 0 Å². The van der Waals surface area contributed by atoms with Crippen LogP contribution in [0.4, 0.5) is 0 Å². The predicted molar refractivity (Wildman–Crippen MR) is 100 cm³/mol. The molecule has 1 aromatic carbocycles. The second-order valence-corrected chi connectivity index (χ2v) is 7.48. The van der Waals surface area contributed by atoms with Crippen molar-refractivity contribution in [1.82, 2.24) is 24.1 Å². The van der Waals surface area contributed by atoms with Crippen LogP contribution < -0.4 is 5.56 Å². The lowest BCUT2D eigenvalue weighted by Gasteiger charge is -2.04. The fourth-order valence-corrected chi connectivity index (χ4v) is 4.12. The molecule has 6 nitrogen and oxygen atoms in total. The van der Waals surface area contributed by atoms with Crippen molar-refractivity contribution >= 4 is 28.1 Å². The lowest BCUT2D eigenvalue weighted by Crippen LogP contribution is -2.12. The Morgan fingerprint density at radius 3 is 2.96 bits per heavy atom. The van der Waals surface area contributed by atoms with Gasteiger partial charge >= 0.3 is 0 Å². The van der Waals surface area contributed by atoms with Crippen LogP contribution in [-0.4, -0.2) is 24.1 Å². The molecule has 0 aliphatic carbocycles. The van der Waals surface area contributed by atoms with Gasteiger partial charge in [-0.3, -0.25) is 9.20 Å². The highest BCUT2D eigenvalue weighted by molar-refractivity contribution is 7.98. The van der Waals surface area contributed by atoms with Crippen LogP contribution in [0, 0.1) is 6.92 Å². The van der Waals surface area contributed by atoms with Crippen LogP contribution in [0.3, 0.4) is 0 Å². The van der Waals surface area contributed by atoms with E-state index in [4.69, 9.17) is 0 Å². The summed E-state index contributed by atoms with van der Waals surface area (Å²) in [6, 6.07) is 9.76. The summed E-state index contributed by atoms with van der Waals surface area (Å²) >= 11 is 2.98. The molecule has 0 N–H and O–H groups in total. The SMILES string of the molecule is Cc1cccc(-c2nnc(SCc3cc(=O)n4ccsc4n3)n2C)c1. The van der Waals surface area contributed by atoms with Gasteiger partial charge < -0.3 is 4.57 Å². The second-order valence-electron chi connectivity index (χ2n) is 5.66. The molecule has 0 atom stereocenters.